The second kappa shape index (κ2) is 7.22. The van der Waals surface area contributed by atoms with Crippen molar-refractivity contribution in [2.45, 2.75) is 38.8 Å². The Labute approximate surface area is 125 Å². The second-order valence-electron chi connectivity index (χ2n) is 5.41. The molecule has 0 heterocycles. The van der Waals surface area contributed by atoms with Crippen LogP contribution in [-0.4, -0.2) is 41.0 Å². The SMILES string of the molecule is CC(=O)NCc1ccc(C(=O)N(CCO)C2CCC2)cc1. The average Bonchev–Trinajstić information content (AvgIpc) is 2.42. The minimum absolute atomic E-state index is 0.0111. The fourth-order valence-electron chi connectivity index (χ4n) is 2.41. The quantitative estimate of drug-likeness (QED) is 0.830. The Morgan fingerprint density at radius 1 is 1.29 bits per heavy atom. The maximum Gasteiger partial charge on any atom is 0.254 e. The topological polar surface area (TPSA) is 69.6 Å². The molecule has 1 fully saturated rings. The highest BCUT2D eigenvalue weighted by atomic mass is 16.3. The molecule has 0 atom stereocenters. The van der Waals surface area contributed by atoms with Crippen LogP contribution in [0.25, 0.3) is 0 Å². The van der Waals surface area contributed by atoms with Gasteiger partial charge in [0, 0.05) is 31.6 Å². The Morgan fingerprint density at radius 3 is 2.43 bits per heavy atom. The molecule has 0 radical (unpaired) electrons. The van der Waals surface area contributed by atoms with Crippen LogP contribution in [0.1, 0.15) is 42.1 Å². The number of nitrogens with one attached hydrogen (secondary N) is 1. The minimum Gasteiger partial charge on any atom is -0.395 e. The highest BCUT2D eigenvalue weighted by Crippen LogP contribution is 2.26. The number of nitrogens with zero attached hydrogens (tertiary/aromatic N) is 1. The number of carbonyl (C=O) groups is 2. The van der Waals surface area contributed by atoms with E-state index in [9.17, 15) is 9.59 Å². The Kier molecular flexibility index (Phi) is 5.33. The molecule has 1 aliphatic carbocycles. The van der Waals surface area contributed by atoms with Gasteiger partial charge in [-0.15, -0.1) is 0 Å². The molecule has 0 saturated heterocycles. The number of aliphatic hydroxyl groups excluding tert-OH is 1. The summed E-state index contributed by atoms with van der Waals surface area (Å²) in [6.45, 7) is 2.32. The third-order valence-corrected chi connectivity index (χ3v) is 3.86. The molecule has 0 spiro atoms. The first-order valence-corrected chi connectivity index (χ1v) is 7.37. The zero-order valence-electron chi connectivity index (χ0n) is 12.3. The summed E-state index contributed by atoms with van der Waals surface area (Å²) in [4.78, 5) is 25.1. The normalized spacial score (nSPS) is 14.4. The maximum atomic E-state index is 12.5. The van der Waals surface area contributed by atoms with Gasteiger partial charge in [-0.1, -0.05) is 12.1 Å². The molecule has 0 unspecified atom stereocenters. The lowest BCUT2D eigenvalue weighted by Crippen LogP contribution is -2.45. The van der Waals surface area contributed by atoms with E-state index in [1.807, 2.05) is 12.1 Å². The van der Waals surface area contributed by atoms with E-state index in [-0.39, 0.29) is 24.5 Å². The number of carbonyl (C=O) groups excluding carboxylic acids is 2. The van der Waals surface area contributed by atoms with Crippen molar-refractivity contribution >= 4 is 11.8 Å². The molecule has 1 aliphatic rings. The van der Waals surface area contributed by atoms with Gasteiger partial charge in [0.2, 0.25) is 5.91 Å². The number of amides is 2. The first-order chi connectivity index (χ1) is 10.1. The van der Waals surface area contributed by atoms with E-state index in [2.05, 4.69) is 5.32 Å². The van der Waals surface area contributed by atoms with E-state index in [4.69, 9.17) is 5.11 Å². The largest absolute Gasteiger partial charge is 0.395 e. The number of benzene rings is 1. The summed E-state index contributed by atoms with van der Waals surface area (Å²) in [5.41, 5.74) is 1.58. The van der Waals surface area contributed by atoms with Crippen molar-refractivity contribution in [3.05, 3.63) is 35.4 Å². The number of rotatable bonds is 6. The molecule has 114 valence electrons. The van der Waals surface area contributed by atoms with Crippen LogP contribution in [0, 0.1) is 0 Å². The smallest absolute Gasteiger partial charge is 0.254 e. The van der Waals surface area contributed by atoms with E-state index < -0.39 is 0 Å². The lowest BCUT2D eigenvalue weighted by Gasteiger charge is -2.37. The van der Waals surface area contributed by atoms with Gasteiger partial charge in [0.05, 0.1) is 6.61 Å². The summed E-state index contributed by atoms with van der Waals surface area (Å²) in [6, 6.07) is 7.52. The van der Waals surface area contributed by atoms with Crippen molar-refractivity contribution in [2.75, 3.05) is 13.2 Å². The van der Waals surface area contributed by atoms with E-state index in [1.54, 1.807) is 17.0 Å². The van der Waals surface area contributed by atoms with E-state index >= 15 is 0 Å². The first kappa shape index (κ1) is 15.5. The molecule has 0 bridgehead atoms. The number of hydrogen-bond acceptors (Lipinski definition) is 3. The van der Waals surface area contributed by atoms with Crippen molar-refractivity contribution in [1.82, 2.24) is 10.2 Å². The molecule has 0 aliphatic heterocycles. The van der Waals surface area contributed by atoms with Gasteiger partial charge >= 0.3 is 0 Å². The molecular formula is C16H22N2O3. The van der Waals surface area contributed by atoms with Crippen molar-refractivity contribution < 1.29 is 14.7 Å². The van der Waals surface area contributed by atoms with Crippen LogP contribution in [0.4, 0.5) is 0 Å². The van der Waals surface area contributed by atoms with Gasteiger partial charge in [-0.2, -0.15) is 0 Å². The van der Waals surface area contributed by atoms with E-state index in [1.165, 1.54) is 6.92 Å². The van der Waals surface area contributed by atoms with Crippen LogP contribution in [0.2, 0.25) is 0 Å². The van der Waals surface area contributed by atoms with Crippen LogP contribution in [0.3, 0.4) is 0 Å². The van der Waals surface area contributed by atoms with Crippen molar-refractivity contribution in [1.29, 1.82) is 0 Å². The third kappa shape index (κ3) is 4.04. The summed E-state index contributed by atoms with van der Waals surface area (Å²) >= 11 is 0. The fraction of sp³-hybridized carbons (Fsp3) is 0.500. The second-order valence-corrected chi connectivity index (χ2v) is 5.41. The lowest BCUT2D eigenvalue weighted by molar-refractivity contribution is -0.119. The predicted molar refractivity (Wildman–Crippen MR) is 79.7 cm³/mol. The summed E-state index contributed by atoms with van der Waals surface area (Å²) in [6.07, 6.45) is 3.19. The van der Waals surface area contributed by atoms with Gasteiger partial charge in [0.25, 0.3) is 5.91 Å². The maximum absolute atomic E-state index is 12.5. The van der Waals surface area contributed by atoms with Gasteiger partial charge in [0.1, 0.15) is 0 Å². The molecule has 1 aromatic carbocycles. The molecule has 1 aromatic rings. The zero-order valence-corrected chi connectivity index (χ0v) is 12.3. The Hall–Kier alpha value is -1.88. The van der Waals surface area contributed by atoms with Crippen LogP contribution >= 0.6 is 0 Å². The zero-order chi connectivity index (χ0) is 15.2. The minimum atomic E-state index is -0.0748. The van der Waals surface area contributed by atoms with Crippen molar-refractivity contribution in [3.63, 3.8) is 0 Å². The van der Waals surface area contributed by atoms with Crippen molar-refractivity contribution in [2.24, 2.45) is 0 Å². The van der Waals surface area contributed by atoms with Crippen LogP contribution < -0.4 is 5.32 Å². The molecular weight excluding hydrogens is 268 g/mol. The number of aliphatic hydroxyl groups is 1. The van der Waals surface area contributed by atoms with Gasteiger partial charge in [-0.05, 0) is 37.0 Å². The molecule has 1 saturated carbocycles. The molecule has 2 N–H and O–H groups in total. The van der Waals surface area contributed by atoms with Crippen LogP contribution in [-0.2, 0) is 11.3 Å². The average molecular weight is 290 g/mol. The van der Waals surface area contributed by atoms with Crippen LogP contribution in [0.5, 0.6) is 0 Å². The monoisotopic (exact) mass is 290 g/mol. The summed E-state index contributed by atoms with van der Waals surface area (Å²) < 4.78 is 0. The van der Waals surface area contributed by atoms with Crippen LogP contribution in [0.15, 0.2) is 24.3 Å². The van der Waals surface area contributed by atoms with E-state index in [0.717, 1.165) is 24.8 Å². The summed E-state index contributed by atoms with van der Waals surface area (Å²) in [5, 5.41) is 11.9. The van der Waals surface area contributed by atoms with Gasteiger partial charge in [-0.25, -0.2) is 0 Å². The molecule has 5 heteroatoms. The van der Waals surface area contributed by atoms with Gasteiger partial charge < -0.3 is 15.3 Å². The van der Waals surface area contributed by atoms with Crippen molar-refractivity contribution in [3.8, 4) is 0 Å². The standard InChI is InChI=1S/C16H22N2O3/c1-12(20)17-11-13-5-7-14(8-6-13)16(21)18(9-10-19)15-3-2-4-15/h5-8,15,19H,2-4,9-11H2,1H3,(H,17,20). The summed E-state index contributed by atoms with van der Waals surface area (Å²) in [5.74, 6) is -0.103. The molecule has 2 rings (SSSR count). The van der Waals surface area contributed by atoms with E-state index in [0.29, 0.717) is 18.7 Å². The first-order valence-electron chi connectivity index (χ1n) is 7.37. The molecule has 5 nitrogen and oxygen atoms in total. The fourth-order valence-corrected chi connectivity index (χ4v) is 2.41. The number of hydrogen-bond donors (Lipinski definition) is 2. The van der Waals surface area contributed by atoms with Gasteiger partial charge in [-0.3, -0.25) is 9.59 Å². The Morgan fingerprint density at radius 2 is 1.95 bits per heavy atom. The van der Waals surface area contributed by atoms with Gasteiger partial charge in [0.15, 0.2) is 0 Å². The highest BCUT2D eigenvalue weighted by Gasteiger charge is 2.28. The highest BCUT2D eigenvalue weighted by molar-refractivity contribution is 5.94. The molecule has 21 heavy (non-hydrogen) atoms. The summed E-state index contributed by atoms with van der Waals surface area (Å²) in [7, 11) is 0. The predicted octanol–water partition coefficient (Wildman–Crippen LogP) is 1.31. The third-order valence-electron chi connectivity index (χ3n) is 3.86. The molecule has 0 aromatic heterocycles. The molecule has 2 amide bonds. The Balaban J connectivity index is 2.02. The Bertz CT molecular complexity index is 495. The lowest BCUT2D eigenvalue weighted by atomic mass is 9.91.